The average molecular weight is 898 g/mol. The first-order valence-corrected chi connectivity index (χ1v) is 23.2. The number of aliphatic hydroxyl groups excluding tert-OH is 1. The minimum atomic E-state index is -1.51. The van der Waals surface area contributed by atoms with Gasteiger partial charge in [-0.2, -0.15) is 0 Å². The van der Waals surface area contributed by atoms with Gasteiger partial charge in [-0.1, -0.05) is 136 Å². The van der Waals surface area contributed by atoms with Gasteiger partial charge in [0, 0.05) is 48.3 Å². The molecule has 4 aromatic rings. The zero-order chi connectivity index (χ0) is 37.9. The molecule has 1 radical (unpaired) electrons. The van der Waals surface area contributed by atoms with Crippen LogP contribution in [-0.4, -0.2) is 28.9 Å². The summed E-state index contributed by atoms with van der Waals surface area (Å²) in [6, 6.07) is 17.2. The zero-order valence-electron chi connectivity index (χ0n) is 34.4. The van der Waals surface area contributed by atoms with Gasteiger partial charge in [-0.05, 0) is 61.6 Å². The Labute approximate surface area is 330 Å². The number of rotatable bonds is 11. The van der Waals surface area contributed by atoms with Crippen molar-refractivity contribution in [3.05, 3.63) is 76.8 Å². The summed E-state index contributed by atoms with van der Waals surface area (Å²) in [6.45, 7) is 28.4. The van der Waals surface area contributed by atoms with Crippen LogP contribution in [0.2, 0.25) is 19.6 Å². The van der Waals surface area contributed by atoms with E-state index in [1.54, 1.807) is 5.19 Å². The second-order valence-corrected chi connectivity index (χ2v) is 22.0. The number of allylic oxidation sites excluding steroid dienone is 2. The quantitative estimate of drug-likeness (QED) is 0.0536. The standard InChI is InChI=1S/C31H37N2Si.C15H28O2.Ir/c1-19(2)31-32-28(24-14-12-23(13-15-24)22-10-8-9-11-22)26-17-16-25-18-20(3)30(34(5,6)7)21(4)27(25)29(26)33-31;1-7-14(5,8-2)12(16)11-13(17)15(6,9-3)10-4;/h12-14,16-19,22H,8-11H2,1-7H3;11,16H,7-10H2,1-6H3;/q-1;;/b;12-11-;. The minimum absolute atomic E-state index is 0. The first kappa shape index (κ1) is 43.7. The molecule has 52 heavy (non-hydrogen) atoms. The Kier molecular flexibility index (Phi) is 14.8. The molecule has 0 bridgehead atoms. The number of hydrogen-bond donors (Lipinski definition) is 1. The Balaban J connectivity index is 0.000000347. The van der Waals surface area contributed by atoms with Gasteiger partial charge >= 0.3 is 0 Å². The molecule has 1 aliphatic rings. The largest absolute Gasteiger partial charge is 0.512 e. The van der Waals surface area contributed by atoms with Crippen molar-refractivity contribution < 1.29 is 30.0 Å². The molecule has 1 N–H and O–H groups in total. The van der Waals surface area contributed by atoms with E-state index in [1.165, 1.54) is 59.2 Å². The van der Waals surface area contributed by atoms with Crippen LogP contribution in [0.1, 0.15) is 141 Å². The maximum Gasteiger partial charge on any atom is 0.164 e. The molecule has 4 nitrogen and oxygen atoms in total. The van der Waals surface area contributed by atoms with E-state index in [-0.39, 0.29) is 48.4 Å². The molecule has 6 heteroatoms. The summed E-state index contributed by atoms with van der Waals surface area (Å²) < 4.78 is 0. The monoisotopic (exact) mass is 898 g/mol. The molecule has 0 aliphatic heterocycles. The molecule has 285 valence electrons. The molecule has 1 heterocycles. The molecule has 1 fully saturated rings. The third-order valence-electron chi connectivity index (χ3n) is 12.2. The molecule has 1 aromatic heterocycles. The number of carbonyl (C=O) groups is 1. The van der Waals surface area contributed by atoms with Crippen molar-refractivity contribution >= 4 is 40.7 Å². The van der Waals surface area contributed by atoms with E-state index in [0.29, 0.717) is 5.92 Å². The summed E-state index contributed by atoms with van der Waals surface area (Å²) in [7, 11) is -1.51. The van der Waals surface area contributed by atoms with E-state index >= 15 is 0 Å². The third kappa shape index (κ3) is 9.16. The van der Waals surface area contributed by atoms with Crippen LogP contribution in [0.5, 0.6) is 0 Å². The number of fused-ring (bicyclic) bond motifs is 3. The van der Waals surface area contributed by atoms with Crippen LogP contribution in [0, 0.1) is 30.7 Å². The molecule has 0 unspecified atom stereocenters. The predicted octanol–water partition coefficient (Wildman–Crippen LogP) is 12.8. The summed E-state index contributed by atoms with van der Waals surface area (Å²) in [6.07, 6.45) is 10.1. The molecule has 3 aromatic carbocycles. The van der Waals surface area contributed by atoms with Gasteiger partial charge in [-0.25, -0.2) is 4.98 Å². The molecule has 5 rings (SSSR count). The number of benzene rings is 3. The topological polar surface area (TPSA) is 63.1 Å². The van der Waals surface area contributed by atoms with Crippen molar-refractivity contribution in [2.75, 3.05) is 0 Å². The van der Waals surface area contributed by atoms with E-state index in [1.807, 2.05) is 41.5 Å². The van der Waals surface area contributed by atoms with Crippen molar-refractivity contribution in [1.29, 1.82) is 0 Å². The Morgan fingerprint density at radius 2 is 1.54 bits per heavy atom. The number of nitrogens with zero attached hydrogens (tertiary/aromatic N) is 2. The van der Waals surface area contributed by atoms with Gasteiger partial charge in [0.05, 0.1) is 13.6 Å². The molecule has 0 amide bonds. The van der Waals surface area contributed by atoms with E-state index in [4.69, 9.17) is 9.97 Å². The molecule has 0 atom stereocenters. The van der Waals surface area contributed by atoms with Crippen LogP contribution in [0.4, 0.5) is 0 Å². The predicted molar refractivity (Wildman–Crippen MR) is 222 cm³/mol. The van der Waals surface area contributed by atoms with Gasteiger partial charge in [0.25, 0.3) is 0 Å². The molecule has 1 aliphatic carbocycles. The van der Waals surface area contributed by atoms with Crippen molar-refractivity contribution in [1.82, 2.24) is 9.97 Å². The van der Waals surface area contributed by atoms with Crippen LogP contribution in [0.25, 0.3) is 32.9 Å². The van der Waals surface area contributed by atoms with Gasteiger partial charge in [-0.3, -0.25) is 9.78 Å². The van der Waals surface area contributed by atoms with Gasteiger partial charge < -0.3 is 5.11 Å². The third-order valence-corrected chi connectivity index (χ3v) is 14.5. The first-order valence-electron chi connectivity index (χ1n) is 19.7. The van der Waals surface area contributed by atoms with Gasteiger partial charge in [0.15, 0.2) is 5.78 Å². The molecular weight excluding hydrogens is 833 g/mol. The molecule has 0 saturated heterocycles. The fraction of sp³-hybridized carbons (Fsp3) is 0.543. The normalized spacial score (nSPS) is 14.5. The maximum atomic E-state index is 12.2. The summed E-state index contributed by atoms with van der Waals surface area (Å²) in [5.41, 5.74) is 6.83. The second kappa shape index (κ2) is 17.6. The van der Waals surface area contributed by atoms with Crippen LogP contribution >= 0.6 is 0 Å². The maximum absolute atomic E-state index is 12.2. The second-order valence-electron chi connectivity index (χ2n) is 17.0. The number of aliphatic hydroxyl groups is 1. The number of aryl methyl sites for hydroxylation is 2. The van der Waals surface area contributed by atoms with E-state index in [0.717, 1.165) is 53.7 Å². The number of aromatic nitrogens is 2. The zero-order valence-corrected chi connectivity index (χ0v) is 37.8. The van der Waals surface area contributed by atoms with E-state index in [9.17, 15) is 9.90 Å². The summed E-state index contributed by atoms with van der Waals surface area (Å²) in [5.74, 6) is 2.17. The van der Waals surface area contributed by atoms with Crippen LogP contribution in [-0.2, 0) is 24.9 Å². The Morgan fingerprint density at radius 1 is 0.942 bits per heavy atom. The van der Waals surface area contributed by atoms with Gasteiger partial charge in [0.1, 0.15) is 11.6 Å². The van der Waals surface area contributed by atoms with Crippen LogP contribution in [0.15, 0.2) is 48.2 Å². The number of hydrogen-bond acceptors (Lipinski definition) is 4. The van der Waals surface area contributed by atoms with Crippen molar-refractivity contribution in [3.63, 3.8) is 0 Å². The van der Waals surface area contributed by atoms with Gasteiger partial charge in [0.2, 0.25) is 0 Å². The van der Waals surface area contributed by atoms with E-state index in [2.05, 4.69) is 89.8 Å². The molecular formula is C46H65IrN2O2Si-. The summed E-state index contributed by atoms with van der Waals surface area (Å²) in [4.78, 5) is 22.4. The Hall–Kier alpha value is -2.66. The fourth-order valence-corrected chi connectivity index (χ4v) is 10.4. The summed E-state index contributed by atoms with van der Waals surface area (Å²) in [5, 5.41) is 15.4. The van der Waals surface area contributed by atoms with Crippen LogP contribution in [0.3, 0.4) is 0 Å². The number of carbonyl (C=O) groups excluding carboxylic acids is 1. The minimum Gasteiger partial charge on any atom is -0.512 e. The summed E-state index contributed by atoms with van der Waals surface area (Å²) >= 11 is 0. The first-order chi connectivity index (χ1) is 23.9. The van der Waals surface area contributed by atoms with E-state index < -0.39 is 8.07 Å². The van der Waals surface area contributed by atoms with Gasteiger partial charge in [-0.15, -0.1) is 35.4 Å². The average Bonchev–Trinajstić information content (AvgIpc) is 3.65. The molecule has 0 spiro atoms. The van der Waals surface area contributed by atoms with Crippen LogP contribution < -0.4 is 5.19 Å². The number of ketones is 1. The smallest absolute Gasteiger partial charge is 0.164 e. The fourth-order valence-electron chi connectivity index (χ4n) is 7.87. The SMILES string of the molecule is CCC(C)(CC)C(=O)/C=C(\O)C(C)(CC)CC.Cc1cc2ccc3c(-c4[c-]cc(C5CCCC5)cc4)nc(C(C)C)nc3c2c(C)c1[Si](C)(C)C.[Ir]. The van der Waals surface area contributed by atoms with Crippen molar-refractivity contribution in [2.24, 2.45) is 10.8 Å². The molecule has 1 saturated carbocycles. The Morgan fingerprint density at radius 3 is 2.04 bits per heavy atom. The Bertz CT molecular complexity index is 1870. The van der Waals surface area contributed by atoms with Crippen molar-refractivity contribution in [2.45, 2.75) is 152 Å². The van der Waals surface area contributed by atoms with Crippen molar-refractivity contribution in [3.8, 4) is 11.3 Å².